The molecule has 0 radical (unpaired) electrons. The van der Waals surface area contributed by atoms with E-state index in [9.17, 15) is 4.79 Å². The summed E-state index contributed by atoms with van der Waals surface area (Å²) in [7, 11) is 4.52. The number of carbonyl (C=O) groups excluding carboxylic acids is 1. The molecule has 1 aromatic rings. The second kappa shape index (κ2) is 6.83. The average molecular weight is 293 g/mol. The Morgan fingerprint density at radius 2 is 2.14 bits per heavy atom. The molecular formula is C14H19N3O4. The molecule has 0 saturated heterocycles. The summed E-state index contributed by atoms with van der Waals surface area (Å²) in [6.45, 7) is 0.697. The van der Waals surface area contributed by atoms with Crippen molar-refractivity contribution in [2.45, 2.75) is 12.5 Å². The number of benzene rings is 1. The fourth-order valence-corrected chi connectivity index (χ4v) is 2.14. The molecule has 1 aliphatic rings. The van der Waals surface area contributed by atoms with E-state index in [4.69, 9.17) is 9.47 Å². The van der Waals surface area contributed by atoms with Crippen LogP contribution in [0.25, 0.3) is 0 Å². The summed E-state index contributed by atoms with van der Waals surface area (Å²) < 4.78 is 15.1. The van der Waals surface area contributed by atoms with Crippen LogP contribution in [0.15, 0.2) is 23.2 Å². The van der Waals surface area contributed by atoms with Crippen LogP contribution in [0.3, 0.4) is 0 Å². The van der Waals surface area contributed by atoms with Crippen LogP contribution in [0.5, 0.6) is 11.5 Å². The predicted octanol–water partition coefficient (Wildman–Crippen LogP) is 1.45. The molecule has 2 N–H and O–H groups in total. The minimum absolute atomic E-state index is 0.0979. The van der Waals surface area contributed by atoms with Gasteiger partial charge in [-0.05, 0) is 18.6 Å². The molecule has 0 saturated carbocycles. The lowest BCUT2D eigenvalue weighted by atomic mass is 10.0. The smallest absolute Gasteiger partial charge is 0.413 e. The van der Waals surface area contributed by atoms with Gasteiger partial charge in [0, 0.05) is 18.2 Å². The van der Waals surface area contributed by atoms with E-state index < -0.39 is 6.09 Å². The molecule has 0 spiro atoms. The SMILES string of the molecule is COC(=O)NC1=NC(c2ccc(OC)cc2OC)CCN1. The maximum atomic E-state index is 11.2. The molecule has 114 valence electrons. The second-order valence-electron chi connectivity index (χ2n) is 4.43. The monoisotopic (exact) mass is 293 g/mol. The number of nitrogens with one attached hydrogen (secondary N) is 2. The molecule has 0 aliphatic carbocycles. The first kappa shape index (κ1) is 15.0. The summed E-state index contributed by atoms with van der Waals surface area (Å²) in [5.41, 5.74) is 0.948. The van der Waals surface area contributed by atoms with Gasteiger partial charge in [-0.25, -0.2) is 9.79 Å². The van der Waals surface area contributed by atoms with Gasteiger partial charge in [0.2, 0.25) is 5.96 Å². The van der Waals surface area contributed by atoms with Gasteiger partial charge >= 0.3 is 6.09 Å². The Morgan fingerprint density at radius 3 is 2.81 bits per heavy atom. The molecule has 21 heavy (non-hydrogen) atoms. The Morgan fingerprint density at radius 1 is 1.33 bits per heavy atom. The predicted molar refractivity (Wildman–Crippen MR) is 77.9 cm³/mol. The molecule has 0 aromatic heterocycles. The molecular weight excluding hydrogens is 274 g/mol. The molecule has 7 heteroatoms. The molecule has 1 atom stereocenters. The molecule has 1 aliphatic heterocycles. The van der Waals surface area contributed by atoms with Gasteiger partial charge in [-0.15, -0.1) is 0 Å². The number of hydrogen-bond acceptors (Lipinski definition) is 6. The number of rotatable bonds is 3. The fraction of sp³-hybridized carbons (Fsp3) is 0.429. The van der Waals surface area contributed by atoms with Gasteiger partial charge in [0.15, 0.2) is 0 Å². The van der Waals surface area contributed by atoms with Crippen molar-refractivity contribution in [3.63, 3.8) is 0 Å². The van der Waals surface area contributed by atoms with E-state index in [0.29, 0.717) is 18.3 Å². The lowest BCUT2D eigenvalue weighted by Crippen LogP contribution is -2.44. The first-order valence-electron chi connectivity index (χ1n) is 6.56. The highest BCUT2D eigenvalue weighted by Crippen LogP contribution is 2.33. The summed E-state index contributed by atoms with van der Waals surface area (Å²) in [4.78, 5) is 15.7. The Hall–Kier alpha value is -2.44. The number of guanidine groups is 1. The van der Waals surface area contributed by atoms with E-state index in [2.05, 4.69) is 20.4 Å². The summed E-state index contributed by atoms with van der Waals surface area (Å²) in [6, 6.07) is 5.51. The largest absolute Gasteiger partial charge is 0.497 e. The van der Waals surface area contributed by atoms with E-state index in [1.54, 1.807) is 14.2 Å². The minimum atomic E-state index is -0.552. The molecule has 1 amide bonds. The number of methoxy groups -OCH3 is 3. The summed E-state index contributed by atoms with van der Waals surface area (Å²) in [5, 5.41) is 5.56. The van der Waals surface area contributed by atoms with Gasteiger partial charge in [0.1, 0.15) is 11.5 Å². The summed E-state index contributed by atoms with van der Waals surface area (Å²) in [6.07, 6.45) is 0.248. The first-order chi connectivity index (χ1) is 10.2. The van der Waals surface area contributed by atoms with Crippen molar-refractivity contribution in [1.29, 1.82) is 0 Å². The molecule has 1 heterocycles. The van der Waals surface area contributed by atoms with E-state index in [1.807, 2.05) is 18.2 Å². The minimum Gasteiger partial charge on any atom is -0.497 e. The number of amides is 1. The number of nitrogens with zero attached hydrogens (tertiary/aromatic N) is 1. The standard InChI is InChI=1S/C14H19N3O4/c1-19-9-4-5-10(12(8-9)20-2)11-6-7-15-13(16-11)17-14(18)21-3/h4-5,8,11H,6-7H2,1-3H3,(H2,15,16,17,18). The number of ether oxygens (including phenoxy) is 3. The highest BCUT2D eigenvalue weighted by Gasteiger charge is 2.21. The van der Waals surface area contributed by atoms with Crippen LogP contribution in [0, 0.1) is 0 Å². The Bertz CT molecular complexity index is 545. The average Bonchev–Trinajstić information content (AvgIpc) is 2.54. The van der Waals surface area contributed by atoms with Crippen molar-refractivity contribution < 1.29 is 19.0 Å². The normalized spacial score (nSPS) is 17.3. The molecule has 0 bridgehead atoms. The fourth-order valence-electron chi connectivity index (χ4n) is 2.14. The lowest BCUT2D eigenvalue weighted by molar-refractivity contribution is 0.176. The van der Waals surface area contributed by atoms with Crippen LogP contribution in [0.4, 0.5) is 4.79 Å². The van der Waals surface area contributed by atoms with Crippen molar-refractivity contribution >= 4 is 12.1 Å². The Labute approximate surface area is 123 Å². The number of alkyl carbamates (subject to hydrolysis) is 1. The highest BCUT2D eigenvalue weighted by molar-refractivity contribution is 5.94. The van der Waals surface area contributed by atoms with Crippen LogP contribution in [0.2, 0.25) is 0 Å². The molecule has 1 aromatic carbocycles. The number of carbonyl (C=O) groups is 1. The van der Waals surface area contributed by atoms with Gasteiger partial charge in [-0.1, -0.05) is 0 Å². The maximum absolute atomic E-state index is 11.2. The van der Waals surface area contributed by atoms with Gasteiger partial charge in [0.05, 0.1) is 27.4 Å². The van der Waals surface area contributed by atoms with Gasteiger partial charge in [0.25, 0.3) is 0 Å². The third-order valence-electron chi connectivity index (χ3n) is 3.20. The van der Waals surface area contributed by atoms with Crippen LogP contribution in [-0.2, 0) is 4.74 Å². The van der Waals surface area contributed by atoms with Crippen LogP contribution in [-0.4, -0.2) is 39.9 Å². The quantitative estimate of drug-likeness (QED) is 0.881. The molecule has 0 fully saturated rings. The molecule has 1 unspecified atom stereocenters. The van der Waals surface area contributed by atoms with E-state index in [0.717, 1.165) is 17.7 Å². The van der Waals surface area contributed by atoms with Crippen LogP contribution in [0.1, 0.15) is 18.0 Å². The van der Waals surface area contributed by atoms with Gasteiger partial charge in [-0.2, -0.15) is 0 Å². The highest BCUT2D eigenvalue weighted by atomic mass is 16.5. The summed E-state index contributed by atoms with van der Waals surface area (Å²) in [5.74, 6) is 1.83. The molecule has 2 rings (SSSR count). The van der Waals surface area contributed by atoms with Crippen LogP contribution < -0.4 is 20.1 Å². The lowest BCUT2D eigenvalue weighted by Gasteiger charge is -2.23. The Balaban J connectivity index is 2.24. The Kier molecular flexibility index (Phi) is 4.86. The second-order valence-corrected chi connectivity index (χ2v) is 4.43. The van der Waals surface area contributed by atoms with Gasteiger partial charge in [-0.3, -0.25) is 5.32 Å². The summed E-state index contributed by atoms with van der Waals surface area (Å²) >= 11 is 0. The van der Waals surface area contributed by atoms with Crippen molar-refractivity contribution in [1.82, 2.24) is 10.6 Å². The van der Waals surface area contributed by atoms with E-state index in [1.165, 1.54) is 7.11 Å². The van der Waals surface area contributed by atoms with Crippen LogP contribution >= 0.6 is 0 Å². The van der Waals surface area contributed by atoms with E-state index >= 15 is 0 Å². The third-order valence-corrected chi connectivity index (χ3v) is 3.20. The topological polar surface area (TPSA) is 81.2 Å². The number of hydrogen-bond donors (Lipinski definition) is 2. The van der Waals surface area contributed by atoms with Crippen molar-refractivity contribution in [2.24, 2.45) is 4.99 Å². The van der Waals surface area contributed by atoms with E-state index in [-0.39, 0.29) is 6.04 Å². The van der Waals surface area contributed by atoms with Crippen molar-refractivity contribution in [3.05, 3.63) is 23.8 Å². The first-order valence-corrected chi connectivity index (χ1v) is 6.56. The van der Waals surface area contributed by atoms with Crippen molar-refractivity contribution in [2.75, 3.05) is 27.9 Å². The third kappa shape index (κ3) is 3.56. The molecule has 7 nitrogen and oxygen atoms in total. The van der Waals surface area contributed by atoms with Crippen molar-refractivity contribution in [3.8, 4) is 11.5 Å². The van der Waals surface area contributed by atoms with Gasteiger partial charge < -0.3 is 19.5 Å². The maximum Gasteiger partial charge on any atom is 0.413 e. The zero-order chi connectivity index (χ0) is 15.2. The number of aliphatic imine (C=N–C) groups is 1. The zero-order valence-electron chi connectivity index (χ0n) is 12.3. The zero-order valence-corrected chi connectivity index (χ0v) is 12.3.